The normalized spacial score (nSPS) is 19.8. The monoisotopic (exact) mass is 387 g/mol. The number of anilines is 1. The van der Waals surface area contributed by atoms with Crippen LogP contribution in [-0.2, 0) is 14.3 Å². The van der Waals surface area contributed by atoms with Crippen LogP contribution in [0.15, 0.2) is 35.5 Å². The summed E-state index contributed by atoms with van der Waals surface area (Å²) in [6, 6.07) is 7.08. The molecule has 1 heterocycles. The van der Waals surface area contributed by atoms with Crippen molar-refractivity contribution in [3.05, 3.63) is 41.1 Å². The lowest BCUT2D eigenvalue weighted by Crippen LogP contribution is -2.46. The number of rotatable bonds is 5. The Labute approximate surface area is 164 Å². The quantitative estimate of drug-likeness (QED) is 0.598. The molecule has 0 saturated heterocycles. The summed E-state index contributed by atoms with van der Waals surface area (Å²) in [5.74, 6) is -0.140. The van der Waals surface area contributed by atoms with Crippen LogP contribution in [0.4, 0.5) is 5.69 Å². The molecule has 0 unspecified atom stereocenters. The second-order valence-electron chi connectivity index (χ2n) is 7.28. The average molecular weight is 388 g/mol. The number of ether oxygens (including phenoxy) is 1. The molecule has 0 radical (unpaired) electrons. The van der Waals surface area contributed by atoms with Crippen molar-refractivity contribution in [2.24, 2.45) is 5.92 Å². The minimum atomic E-state index is -0.395. The molecule has 0 aromatic heterocycles. The lowest BCUT2D eigenvalue weighted by molar-refractivity contribution is -0.143. The molecule has 6 nitrogen and oxygen atoms in total. The summed E-state index contributed by atoms with van der Waals surface area (Å²) in [5, 5.41) is 6.68. The van der Waals surface area contributed by atoms with Crippen molar-refractivity contribution in [1.29, 1.82) is 0 Å². The lowest BCUT2D eigenvalue weighted by atomic mass is 9.95. The van der Waals surface area contributed by atoms with E-state index in [2.05, 4.69) is 10.6 Å². The number of esters is 1. The molecule has 1 fully saturated rings. The van der Waals surface area contributed by atoms with Gasteiger partial charge in [0, 0.05) is 24.4 Å². The number of nitrogens with zero attached hydrogens (tertiary/aromatic N) is 1. The topological polar surface area (TPSA) is 70.7 Å². The first-order valence-corrected chi connectivity index (χ1v) is 9.55. The van der Waals surface area contributed by atoms with E-state index in [0.717, 1.165) is 29.8 Å². The molecule has 1 atom stereocenters. The van der Waals surface area contributed by atoms with Gasteiger partial charge in [-0.1, -0.05) is 12.1 Å². The molecule has 1 saturated carbocycles. The largest absolute Gasteiger partial charge is 0.459 e. The van der Waals surface area contributed by atoms with Crippen molar-refractivity contribution >= 4 is 34.9 Å². The maximum absolute atomic E-state index is 12.7. The summed E-state index contributed by atoms with van der Waals surface area (Å²) in [6.45, 7) is 5.51. The van der Waals surface area contributed by atoms with E-state index in [4.69, 9.17) is 17.0 Å². The van der Waals surface area contributed by atoms with Crippen LogP contribution in [0.1, 0.15) is 45.2 Å². The van der Waals surface area contributed by atoms with E-state index in [1.54, 1.807) is 4.90 Å². The highest BCUT2D eigenvalue weighted by molar-refractivity contribution is 7.80. The number of benzene rings is 1. The number of amides is 1. The Balaban J connectivity index is 1.86. The van der Waals surface area contributed by atoms with Crippen molar-refractivity contribution in [3.63, 3.8) is 0 Å². The van der Waals surface area contributed by atoms with Crippen molar-refractivity contribution in [3.8, 4) is 0 Å². The Hall–Kier alpha value is -2.41. The van der Waals surface area contributed by atoms with E-state index >= 15 is 0 Å². The van der Waals surface area contributed by atoms with Crippen molar-refractivity contribution < 1.29 is 14.3 Å². The standard InChI is InChI=1S/C20H25N3O3S/c1-11(2)26-19(25)16-12(3)23(4)20(27)22-17(16)13-7-9-15(10-8-13)21-18(24)14-5-6-14/h7-11,14,17H,5-6H2,1-4H3,(H,21,24)(H,22,27)/t17-/m1/s1. The summed E-state index contributed by atoms with van der Waals surface area (Å²) in [5.41, 5.74) is 2.93. The Morgan fingerprint density at radius 2 is 1.89 bits per heavy atom. The molecule has 1 aromatic rings. The SMILES string of the molecule is CC1=C(C(=O)OC(C)C)[C@@H](c2ccc(NC(=O)C3CC3)cc2)NC(=S)N1C. The fraction of sp³-hybridized carbons (Fsp3) is 0.450. The molecule has 0 spiro atoms. The van der Waals surface area contributed by atoms with Gasteiger partial charge in [-0.05, 0) is 63.5 Å². The lowest BCUT2D eigenvalue weighted by Gasteiger charge is -2.35. The molecule has 27 heavy (non-hydrogen) atoms. The van der Waals surface area contributed by atoms with Crippen LogP contribution >= 0.6 is 12.2 Å². The first kappa shape index (κ1) is 19.4. The predicted octanol–water partition coefficient (Wildman–Crippen LogP) is 3.12. The van der Waals surface area contributed by atoms with E-state index in [1.165, 1.54) is 0 Å². The van der Waals surface area contributed by atoms with Crippen LogP contribution in [0.25, 0.3) is 0 Å². The zero-order chi connectivity index (χ0) is 19.7. The highest BCUT2D eigenvalue weighted by Crippen LogP contribution is 2.33. The number of allylic oxidation sites excluding steroid dienone is 1. The van der Waals surface area contributed by atoms with Crippen molar-refractivity contribution in [2.75, 3.05) is 12.4 Å². The fourth-order valence-electron chi connectivity index (χ4n) is 2.98. The fourth-order valence-corrected chi connectivity index (χ4v) is 3.23. The molecule has 1 aliphatic carbocycles. The molecule has 7 heteroatoms. The Morgan fingerprint density at radius 3 is 2.44 bits per heavy atom. The zero-order valence-corrected chi connectivity index (χ0v) is 16.9. The zero-order valence-electron chi connectivity index (χ0n) is 16.0. The number of carbonyl (C=O) groups is 2. The first-order chi connectivity index (χ1) is 12.8. The van der Waals surface area contributed by atoms with Gasteiger partial charge in [-0.25, -0.2) is 4.79 Å². The Morgan fingerprint density at radius 1 is 1.26 bits per heavy atom. The third-order valence-corrected chi connectivity index (χ3v) is 5.17. The predicted molar refractivity (Wildman–Crippen MR) is 108 cm³/mol. The van der Waals surface area contributed by atoms with Gasteiger partial charge in [0.2, 0.25) is 5.91 Å². The molecule has 1 amide bonds. The smallest absolute Gasteiger partial charge is 0.338 e. The third kappa shape index (κ3) is 4.30. The molecular formula is C20H25N3O3S. The van der Waals surface area contributed by atoms with E-state index in [-0.39, 0.29) is 23.9 Å². The minimum absolute atomic E-state index is 0.0679. The van der Waals surface area contributed by atoms with Gasteiger partial charge in [-0.15, -0.1) is 0 Å². The summed E-state index contributed by atoms with van der Waals surface area (Å²) in [6.07, 6.45) is 1.72. The van der Waals surface area contributed by atoms with Crippen LogP contribution in [0.3, 0.4) is 0 Å². The van der Waals surface area contributed by atoms with Gasteiger partial charge < -0.3 is 20.3 Å². The van der Waals surface area contributed by atoms with Crippen LogP contribution < -0.4 is 10.6 Å². The van der Waals surface area contributed by atoms with Gasteiger partial charge >= 0.3 is 5.97 Å². The van der Waals surface area contributed by atoms with Gasteiger partial charge in [0.05, 0.1) is 17.7 Å². The summed E-state index contributed by atoms with van der Waals surface area (Å²) in [7, 11) is 1.82. The van der Waals surface area contributed by atoms with Crippen LogP contribution in [0.2, 0.25) is 0 Å². The highest BCUT2D eigenvalue weighted by atomic mass is 32.1. The number of carbonyl (C=O) groups excluding carboxylic acids is 2. The molecular weight excluding hydrogens is 362 g/mol. The summed E-state index contributed by atoms with van der Waals surface area (Å²) in [4.78, 5) is 26.4. The van der Waals surface area contributed by atoms with Crippen molar-refractivity contribution in [2.45, 2.75) is 45.8 Å². The Kier molecular flexibility index (Phi) is 5.51. The average Bonchev–Trinajstić information content (AvgIpc) is 3.44. The minimum Gasteiger partial charge on any atom is -0.459 e. The molecule has 0 bridgehead atoms. The molecule has 3 rings (SSSR count). The van der Waals surface area contributed by atoms with Crippen LogP contribution in [-0.4, -0.2) is 35.0 Å². The number of hydrogen-bond donors (Lipinski definition) is 2. The first-order valence-electron chi connectivity index (χ1n) is 9.14. The maximum atomic E-state index is 12.7. The highest BCUT2D eigenvalue weighted by Gasteiger charge is 2.34. The third-order valence-electron chi connectivity index (χ3n) is 4.78. The van der Waals surface area contributed by atoms with Crippen LogP contribution in [0, 0.1) is 5.92 Å². The van der Waals surface area contributed by atoms with Crippen LogP contribution in [0.5, 0.6) is 0 Å². The molecule has 2 aliphatic rings. The van der Waals surface area contributed by atoms with E-state index in [0.29, 0.717) is 10.7 Å². The van der Waals surface area contributed by atoms with Gasteiger partial charge in [-0.3, -0.25) is 4.79 Å². The molecule has 1 aliphatic heterocycles. The summed E-state index contributed by atoms with van der Waals surface area (Å²) < 4.78 is 5.44. The number of thiocarbonyl (C=S) groups is 1. The number of nitrogens with one attached hydrogen (secondary N) is 2. The van der Waals surface area contributed by atoms with Gasteiger partial charge in [0.25, 0.3) is 0 Å². The molecule has 1 aromatic carbocycles. The summed E-state index contributed by atoms with van der Waals surface area (Å²) >= 11 is 5.40. The van der Waals surface area contributed by atoms with Gasteiger partial charge in [0.15, 0.2) is 5.11 Å². The van der Waals surface area contributed by atoms with E-state index in [1.807, 2.05) is 52.1 Å². The second kappa shape index (κ2) is 7.68. The van der Waals surface area contributed by atoms with Gasteiger partial charge in [-0.2, -0.15) is 0 Å². The molecule has 2 N–H and O–H groups in total. The second-order valence-corrected chi connectivity index (χ2v) is 7.67. The van der Waals surface area contributed by atoms with E-state index < -0.39 is 6.04 Å². The molecule has 144 valence electrons. The van der Waals surface area contributed by atoms with Gasteiger partial charge in [0.1, 0.15) is 0 Å². The Bertz CT molecular complexity index is 797. The van der Waals surface area contributed by atoms with E-state index in [9.17, 15) is 9.59 Å². The van der Waals surface area contributed by atoms with Crippen molar-refractivity contribution in [1.82, 2.24) is 10.2 Å². The number of hydrogen-bond acceptors (Lipinski definition) is 4. The maximum Gasteiger partial charge on any atom is 0.338 e.